The maximum Gasteiger partial charge on any atom is 0.212 e. The molecular weight excluding hydrogens is 246 g/mol. The van der Waals surface area contributed by atoms with Crippen LogP contribution in [0.5, 0.6) is 5.88 Å². The van der Waals surface area contributed by atoms with E-state index in [9.17, 15) is 0 Å². The highest BCUT2D eigenvalue weighted by Crippen LogP contribution is 2.27. The predicted molar refractivity (Wildman–Crippen MR) is 76.1 cm³/mol. The van der Waals surface area contributed by atoms with Crippen molar-refractivity contribution in [2.75, 3.05) is 31.7 Å². The molecule has 2 rings (SSSR count). The third-order valence-corrected chi connectivity index (χ3v) is 4.59. The van der Waals surface area contributed by atoms with Crippen molar-refractivity contribution >= 4 is 11.8 Å². The largest absolute Gasteiger partial charge is 0.481 e. The molecule has 2 heterocycles. The molecular formula is C13H21N3OS. The maximum atomic E-state index is 5.96. The van der Waals surface area contributed by atoms with Crippen molar-refractivity contribution < 1.29 is 4.74 Å². The molecule has 0 saturated carbocycles. The summed E-state index contributed by atoms with van der Waals surface area (Å²) in [5.41, 5.74) is 7.14. The second-order valence-corrected chi connectivity index (χ2v) is 5.70. The number of methoxy groups -OCH3 is 1. The van der Waals surface area contributed by atoms with Gasteiger partial charge >= 0.3 is 0 Å². The van der Waals surface area contributed by atoms with Crippen LogP contribution in [-0.4, -0.2) is 47.6 Å². The first-order chi connectivity index (χ1) is 8.76. The van der Waals surface area contributed by atoms with Crippen molar-refractivity contribution in [3.63, 3.8) is 0 Å². The van der Waals surface area contributed by atoms with Gasteiger partial charge in [-0.15, -0.1) is 0 Å². The van der Waals surface area contributed by atoms with Crippen molar-refractivity contribution in [1.82, 2.24) is 9.88 Å². The van der Waals surface area contributed by atoms with E-state index in [4.69, 9.17) is 10.5 Å². The fraction of sp³-hybridized carbons (Fsp3) is 0.615. The monoisotopic (exact) mass is 267 g/mol. The van der Waals surface area contributed by atoms with Crippen molar-refractivity contribution in [3.05, 3.63) is 23.9 Å². The zero-order chi connectivity index (χ0) is 13.0. The lowest BCUT2D eigenvalue weighted by molar-refractivity contribution is 0.165. The maximum absolute atomic E-state index is 5.96. The van der Waals surface area contributed by atoms with E-state index in [0.29, 0.717) is 18.5 Å². The number of thioether (sulfide) groups is 1. The van der Waals surface area contributed by atoms with Crippen molar-refractivity contribution in [3.8, 4) is 5.88 Å². The van der Waals surface area contributed by atoms with Gasteiger partial charge < -0.3 is 10.5 Å². The van der Waals surface area contributed by atoms with Gasteiger partial charge in [-0.1, -0.05) is 6.07 Å². The number of pyridine rings is 1. The van der Waals surface area contributed by atoms with Gasteiger partial charge in [0.1, 0.15) is 0 Å². The molecule has 0 bridgehead atoms. The highest BCUT2D eigenvalue weighted by Gasteiger charge is 2.26. The Morgan fingerprint density at radius 1 is 1.61 bits per heavy atom. The van der Waals surface area contributed by atoms with Gasteiger partial charge in [-0.05, 0) is 12.5 Å². The van der Waals surface area contributed by atoms with Crippen molar-refractivity contribution in [2.24, 2.45) is 5.73 Å². The summed E-state index contributed by atoms with van der Waals surface area (Å²) >= 11 is 2.02. The first-order valence-corrected chi connectivity index (χ1v) is 7.45. The van der Waals surface area contributed by atoms with Crippen LogP contribution in [0.3, 0.4) is 0 Å². The molecule has 0 amide bonds. The van der Waals surface area contributed by atoms with E-state index in [2.05, 4.69) is 22.9 Å². The van der Waals surface area contributed by atoms with E-state index in [-0.39, 0.29) is 6.04 Å². The Balaban J connectivity index is 2.15. The topological polar surface area (TPSA) is 51.4 Å². The molecule has 2 unspecified atom stereocenters. The standard InChI is InChI=1S/C13H21N3OS/c1-10-9-18-6-5-16(10)12(7-14)11-3-4-13(17-2)15-8-11/h3-4,8,10,12H,5-7,9,14H2,1-2H3. The van der Waals surface area contributed by atoms with E-state index in [1.54, 1.807) is 7.11 Å². The van der Waals surface area contributed by atoms with Crippen LogP contribution in [0.15, 0.2) is 18.3 Å². The minimum absolute atomic E-state index is 0.263. The van der Waals surface area contributed by atoms with Gasteiger partial charge in [0.25, 0.3) is 0 Å². The smallest absolute Gasteiger partial charge is 0.212 e. The quantitative estimate of drug-likeness (QED) is 0.896. The average molecular weight is 267 g/mol. The lowest BCUT2D eigenvalue weighted by atomic mass is 10.1. The molecule has 1 aromatic rings. The van der Waals surface area contributed by atoms with E-state index in [0.717, 1.165) is 6.54 Å². The number of nitrogens with zero attached hydrogens (tertiary/aromatic N) is 2. The summed E-state index contributed by atoms with van der Waals surface area (Å²) in [7, 11) is 1.63. The van der Waals surface area contributed by atoms with Crippen LogP contribution in [0.1, 0.15) is 18.5 Å². The summed E-state index contributed by atoms with van der Waals surface area (Å²) in [6.45, 7) is 3.99. The first kappa shape index (κ1) is 13.6. The normalized spacial score (nSPS) is 22.7. The molecule has 18 heavy (non-hydrogen) atoms. The third-order valence-electron chi connectivity index (χ3n) is 3.40. The van der Waals surface area contributed by atoms with Gasteiger partial charge in [-0.3, -0.25) is 4.90 Å². The summed E-state index contributed by atoms with van der Waals surface area (Å²) in [6, 6.07) is 4.80. The predicted octanol–water partition coefficient (Wildman–Crippen LogP) is 1.53. The van der Waals surface area contributed by atoms with Crippen LogP contribution in [0, 0.1) is 0 Å². The summed E-state index contributed by atoms with van der Waals surface area (Å²) < 4.78 is 5.09. The van der Waals surface area contributed by atoms with Crippen LogP contribution in [0.4, 0.5) is 0 Å². The molecule has 1 fully saturated rings. The Bertz CT molecular complexity index is 371. The van der Waals surface area contributed by atoms with Crippen LogP contribution in [0.2, 0.25) is 0 Å². The molecule has 1 aromatic heterocycles. The molecule has 2 N–H and O–H groups in total. The SMILES string of the molecule is COc1ccc(C(CN)N2CCSCC2C)cn1. The van der Waals surface area contributed by atoms with Gasteiger partial charge in [0.15, 0.2) is 0 Å². The Morgan fingerprint density at radius 3 is 3.00 bits per heavy atom. The van der Waals surface area contributed by atoms with Crippen LogP contribution in [0.25, 0.3) is 0 Å². The Labute approximate surface area is 113 Å². The van der Waals surface area contributed by atoms with Gasteiger partial charge in [-0.25, -0.2) is 4.98 Å². The highest BCUT2D eigenvalue weighted by molar-refractivity contribution is 7.99. The molecule has 0 spiro atoms. The minimum atomic E-state index is 0.263. The fourth-order valence-electron chi connectivity index (χ4n) is 2.38. The Hall–Kier alpha value is -0.780. The van der Waals surface area contributed by atoms with Crippen molar-refractivity contribution in [1.29, 1.82) is 0 Å². The summed E-state index contributed by atoms with van der Waals surface area (Å²) in [5, 5.41) is 0. The van der Waals surface area contributed by atoms with E-state index in [1.165, 1.54) is 17.1 Å². The van der Waals surface area contributed by atoms with Gasteiger partial charge in [0, 0.05) is 48.9 Å². The number of nitrogens with two attached hydrogens (primary N) is 1. The molecule has 0 aromatic carbocycles. The molecule has 1 aliphatic rings. The zero-order valence-electron chi connectivity index (χ0n) is 11.0. The Morgan fingerprint density at radius 2 is 2.44 bits per heavy atom. The average Bonchev–Trinajstić information content (AvgIpc) is 2.42. The summed E-state index contributed by atoms with van der Waals surface area (Å²) in [5.74, 6) is 3.02. The van der Waals surface area contributed by atoms with E-state index in [1.807, 2.05) is 24.0 Å². The van der Waals surface area contributed by atoms with Gasteiger partial charge in [0.05, 0.1) is 7.11 Å². The van der Waals surface area contributed by atoms with Crippen LogP contribution in [-0.2, 0) is 0 Å². The van der Waals surface area contributed by atoms with E-state index >= 15 is 0 Å². The zero-order valence-corrected chi connectivity index (χ0v) is 11.8. The minimum Gasteiger partial charge on any atom is -0.481 e. The third kappa shape index (κ3) is 2.96. The molecule has 0 aliphatic carbocycles. The number of rotatable bonds is 4. The second-order valence-electron chi connectivity index (χ2n) is 4.55. The first-order valence-electron chi connectivity index (χ1n) is 6.29. The summed E-state index contributed by atoms with van der Waals surface area (Å²) in [6.07, 6.45) is 1.88. The molecule has 1 saturated heterocycles. The molecule has 5 heteroatoms. The van der Waals surface area contributed by atoms with Gasteiger partial charge in [0.2, 0.25) is 5.88 Å². The lowest BCUT2D eigenvalue weighted by Crippen LogP contribution is -2.45. The Kier molecular flexibility index (Phi) is 4.86. The molecule has 2 atom stereocenters. The van der Waals surface area contributed by atoms with E-state index < -0.39 is 0 Å². The molecule has 1 aliphatic heterocycles. The fourth-order valence-corrected chi connectivity index (χ4v) is 3.41. The van der Waals surface area contributed by atoms with Gasteiger partial charge in [-0.2, -0.15) is 11.8 Å². The molecule has 4 nitrogen and oxygen atoms in total. The lowest BCUT2D eigenvalue weighted by Gasteiger charge is -2.39. The van der Waals surface area contributed by atoms with Crippen LogP contribution >= 0.6 is 11.8 Å². The number of hydrogen-bond donors (Lipinski definition) is 1. The number of aromatic nitrogens is 1. The number of ether oxygens (including phenoxy) is 1. The van der Waals surface area contributed by atoms with Crippen LogP contribution < -0.4 is 10.5 Å². The molecule has 0 radical (unpaired) electrons. The number of hydrogen-bond acceptors (Lipinski definition) is 5. The second kappa shape index (κ2) is 6.41. The molecule has 100 valence electrons. The summed E-state index contributed by atoms with van der Waals surface area (Å²) in [4.78, 5) is 6.76. The highest BCUT2D eigenvalue weighted by atomic mass is 32.2. The van der Waals surface area contributed by atoms with Crippen molar-refractivity contribution in [2.45, 2.75) is 19.0 Å².